The summed E-state index contributed by atoms with van der Waals surface area (Å²) in [7, 11) is 0. The van der Waals surface area contributed by atoms with Crippen LogP contribution in [0.4, 0.5) is 8.78 Å². The summed E-state index contributed by atoms with van der Waals surface area (Å²) in [6, 6.07) is 12.9. The Morgan fingerprint density at radius 2 is 2.15 bits per heavy atom. The van der Waals surface area contributed by atoms with Gasteiger partial charge in [-0.25, -0.2) is 18.7 Å². The van der Waals surface area contributed by atoms with Crippen LogP contribution in [0.15, 0.2) is 48.8 Å². The van der Waals surface area contributed by atoms with Crippen molar-refractivity contribution in [2.45, 2.75) is 38.5 Å². The molecule has 2 N–H and O–H groups in total. The lowest BCUT2D eigenvalue weighted by Crippen LogP contribution is -2.31. The van der Waals surface area contributed by atoms with E-state index in [1.54, 1.807) is 12.4 Å². The van der Waals surface area contributed by atoms with Gasteiger partial charge in [0.05, 0.1) is 18.6 Å². The molecule has 0 spiro atoms. The summed E-state index contributed by atoms with van der Waals surface area (Å²) < 4.78 is 28.9. The molecule has 1 aromatic carbocycles. The zero-order chi connectivity index (χ0) is 27.4. The van der Waals surface area contributed by atoms with Crippen molar-refractivity contribution in [2.24, 2.45) is 11.3 Å². The van der Waals surface area contributed by atoms with Gasteiger partial charge < -0.3 is 14.9 Å². The quantitative estimate of drug-likeness (QED) is 0.361. The molecule has 3 aromatic heterocycles. The number of aromatic amines is 1. The number of imidazole rings is 1. The molecule has 1 aliphatic carbocycles. The number of rotatable bonds is 6. The van der Waals surface area contributed by atoms with Gasteiger partial charge in [-0.2, -0.15) is 0 Å². The Labute approximate surface area is 231 Å². The fourth-order valence-corrected chi connectivity index (χ4v) is 6.41. The fraction of sp³-hybridized carbons (Fsp3) is 0.387. The fourth-order valence-electron chi connectivity index (χ4n) is 6.41. The second-order valence-electron chi connectivity index (χ2n) is 11.4. The minimum Gasteiger partial charge on any atom is -0.356 e. The molecule has 40 heavy (non-hydrogen) atoms. The summed E-state index contributed by atoms with van der Waals surface area (Å²) in [5.74, 6) is 6.86. The van der Waals surface area contributed by atoms with Crippen molar-refractivity contribution in [3.63, 3.8) is 0 Å². The second kappa shape index (κ2) is 9.56. The maximum Gasteiger partial charge on any atom is 0.270 e. The van der Waals surface area contributed by atoms with Crippen molar-refractivity contribution in [1.82, 2.24) is 29.7 Å². The Morgan fingerprint density at radius 1 is 1.27 bits per heavy atom. The molecule has 0 bridgehead atoms. The number of hydrogen-bond acceptors (Lipinski definition) is 4. The molecule has 1 saturated heterocycles. The number of nitrogens with one attached hydrogen (secondary N) is 2. The third kappa shape index (κ3) is 4.46. The predicted octanol–water partition coefficient (Wildman–Crippen LogP) is 4.12. The lowest BCUT2D eigenvalue weighted by Gasteiger charge is -2.17. The highest BCUT2D eigenvalue weighted by molar-refractivity contribution is 5.93. The van der Waals surface area contributed by atoms with Crippen LogP contribution < -0.4 is 5.32 Å². The van der Waals surface area contributed by atoms with Gasteiger partial charge in [0.2, 0.25) is 0 Å². The molecule has 1 amide bonds. The van der Waals surface area contributed by atoms with Crippen LogP contribution in [-0.2, 0) is 13.0 Å². The molecule has 0 radical (unpaired) electrons. The summed E-state index contributed by atoms with van der Waals surface area (Å²) in [6.45, 7) is 3.93. The van der Waals surface area contributed by atoms with Crippen LogP contribution >= 0.6 is 0 Å². The van der Waals surface area contributed by atoms with E-state index in [1.807, 2.05) is 47.9 Å². The number of fused-ring (bicyclic) bond motifs is 3. The molecule has 3 aliphatic rings. The van der Waals surface area contributed by atoms with Gasteiger partial charge in [0.15, 0.2) is 0 Å². The van der Waals surface area contributed by atoms with E-state index >= 15 is 0 Å². The SMILES string of the molecule is Cc1cc(C#C[C@]23C[C@H]2CN(CCF)C3)cc(C(=O)NC(c2cc3ccccc3[nH]2)c2ncn3c2C[C@@H](F)C3)n1. The number of halogens is 2. The molecule has 1 unspecified atom stereocenters. The monoisotopic (exact) mass is 540 g/mol. The Balaban J connectivity index is 1.18. The average Bonchev–Trinajstić information content (AvgIpc) is 3.38. The van der Waals surface area contributed by atoms with Crippen molar-refractivity contribution in [3.05, 3.63) is 82.8 Å². The smallest absolute Gasteiger partial charge is 0.270 e. The maximum absolute atomic E-state index is 14.3. The minimum atomic E-state index is -0.968. The molecule has 4 aromatic rings. The van der Waals surface area contributed by atoms with Crippen molar-refractivity contribution < 1.29 is 13.6 Å². The van der Waals surface area contributed by atoms with E-state index in [0.29, 0.717) is 23.9 Å². The number of piperidine rings is 1. The number of benzene rings is 1. The highest BCUT2D eigenvalue weighted by Gasteiger charge is 2.58. The van der Waals surface area contributed by atoms with Crippen molar-refractivity contribution in [2.75, 3.05) is 26.3 Å². The second-order valence-corrected chi connectivity index (χ2v) is 11.4. The Morgan fingerprint density at radius 3 is 3.00 bits per heavy atom. The molecular formula is C31H30F2N6O. The van der Waals surface area contributed by atoms with Crippen LogP contribution in [-0.4, -0.2) is 62.8 Å². The van der Waals surface area contributed by atoms with E-state index in [9.17, 15) is 13.6 Å². The topological polar surface area (TPSA) is 78.8 Å². The minimum absolute atomic E-state index is 0.0642. The number of H-pyrrole nitrogens is 1. The lowest BCUT2D eigenvalue weighted by molar-refractivity contribution is 0.0936. The van der Waals surface area contributed by atoms with Crippen LogP contribution in [0, 0.1) is 30.1 Å². The number of nitrogens with zero attached hydrogens (tertiary/aromatic N) is 4. The summed E-state index contributed by atoms with van der Waals surface area (Å²) in [5, 5.41) is 4.13. The number of pyridine rings is 1. The van der Waals surface area contributed by atoms with Gasteiger partial charge in [-0.05, 0) is 48.9 Å². The normalized spacial score (nSPS) is 23.9. The van der Waals surface area contributed by atoms with E-state index in [1.165, 1.54) is 0 Å². The molecule has 204 valence electrons. The summed E-state index contributed by atoms with van der Waals surface area (Å²) >= 11 is 0. The maximum atomic E-state index is 14.3. The molecule has 2 fully saturated rings. The largest absolute Gasteiger partial charge is 0.356 e. The summed E-state index contributed by atoms with van der Waals surface area (Å²) in [6.07, 6.45) is 1.98. The average molecular weight is 541 g/mol. The standard InChI is InChI=1S/C31H30F2N6O/c1-19-10-20(6-7-31-14-22(31)15-38(17-31)9-8-32)11-26(35-19)30(40)37-28(25-12-21-4-2-3-5-24(21)36-25)29-27-13-23(33)16-39(27)18-34-29/h2-5,10-12,18,22-23,28,36H,8-9,13-17H2,1H3,(H,37,40)/t22-,23+,28?,31+/m0/s1. The molecule has 4 atom stereocenters. The highest BCUT2D eigenvalue weighted by Crippen LogP contribution is 2.57. The first-order valence-corrected chi connectivity index (χ1v) is 13.8. The van der Waals surface area contributed by atoms with Crippen LogP contribution in [0.3, 0.4) is 0 Å². The number of carbonyl (C=O) groups is 1. The zero-order valence-corrected chi connectivity index (χ0v) is 22.3. The van der Waals surface area contributed by atoms with Gasteiger partial charge in [-0.3, -0.25) is 9.69 Å². The summed E-state index contributed by atoms with van der Waals surface area (Å²) in [4.78, 5) is 28.3. The number of likely N-dealkylation sites (tertiary alicyclic amines) is 1. The predicted molar refractivity (Wildman–Crippen MR) is 147 cm³/mol. The lowest BCUT2D eigenvalue weighted by atomic mass is 10.0. The first kappa shape index (κ1) is 25.0. The van der Waals surface area contributed by atoms with Crippen molar-refractivity contribution >= 4 is 16.8 Å². The van der Waals surface area contributed by atoms with Gasteiger partial charge in [-0.1, -0.05) is 30.0 Å². The number of para-hydroxylation sites is 1. The number of hydrogen-bond donors (Lipinski definition) is 2. The van der Waals surface area contributed by atoms with Crippen molar-refractivity contribution in [3.8, 4) is 11.8 Å². The molecule has 5 heterocycles. The van der Waals surface area contributed by atoms with Gasteiger partial charge >= 0.3 is 0 Å². The first-order valence-electron chi connectivity index (χ1n) is 13.8. The highest BCUT2D eigenvalue weighted by atomic mass is 19.1. The Bertz CT molecular complexity index is 1650. The molecule has 7 nitrogen and oxygen atoms in total. The van der Waals surface area contributed by atoms with Gasteiger partial charge in [0.25, 0.3) is 5.91 Å². The van der Waals surface area contributed by atoms with Crippen LogP contribution in [0.5, 0.6) is 0 Å². The molecule has 7 rings (SSSR count). The zero-order valence-electron chi connectivity index (χ0n) is 22.3. The number of aromatic nitrogens is 4. The Kier molecular flexibility index (Phi) is 5.97. The van der Waals surface area contributed by atoms with Crippen molar-refractivity contribution in [1.29, 1.82) is 0 Å². The molecule has 1 saturated carbocycles. The van der Waals surface area contributed by atoms with Crippen LogP contribution in [0.1, 0.15) is 51.3 Å². The van der Waals surface area contributed by atoms with Gasteiger partial charge in [0, 0.05) is 59.6 Å². The van der Waals surface area contributed by atoms with E-state index in [4.69, 9.17) is 0 Å². The molecule has 9 heteroatoms. The Hall–Kier alpha value is -4.03. The van der Waals surface area contributed by atoms with E-state index in [2.05, 4.69) is 37.0 Å². The third-order valence-corrected chi connectivity index (χ3v) is 8.46. The first-order chi connectivity index (χ1) is 19.4. The van der Waals surface area contributed by atoms with E-state index in [0.717, 1.165) is 47.4 Å². The number of amides is 1. The van der Waals surface area contributed by atoms with Gasteiger partial charge in [0.1, 0.15) is 24.6 Å². The van der Waals surface area contributed by atoms with Crippen LogP contribution in [0.25, 0.3) is 10.9 Å². The molecule has 2 aliphatic heterocycles. The number of alkyl halides is 2. The number of aryl methyl sites for hydroxylation is 1. The van der Waals surface area contributed by atoms with E-state index in [-0.39, 0.29) is 36.7 Å². The summed E-state index contributed by atoms with van der Waals surface area (Å²) in [5.41, 5.74) is 4.75. The van der Waals surface area contributed by atoms with Crippen LogP contribution in [0.2, 0.25) is 0 Å². The third-order valence-electron chi connectivity index (χ3n) is 8.46. The molecular weight excluding hydrogens is 510 g/mol. The number of carbonyl (C=O) groups excluding carboxylic acids is 1. The van der Waals surface area contributed by atoms with E-state index < -0.39 is 12.2 Å². The van der Waals surface area contributed by atoms with Gasteiger partial charge in [-0.15, -0.1) is 0 Å².